The van der Waals surface area contributed by atoms with Crippen LogP contribution in [0.5, 0.6) is 0 Å². The molecule has 25 heavy (non-hydrogen) atoms. The highest BCUT2D eigenvalue weighted by Gasteiger charge is 2.30. The maximum atomic E-state index is 12.8. The van der Waals surface area contributed by atoms with E-state index >= 15 is 0 Å². The van der Waals surface area contributed by atoms with E-state index in [9.17, 15) is 14.5 Å². The Hall–Kier alpha value is -0.930. The van der Waals surface area contributed by atoms with Crippen molar-refractivity contribution in [2.24, 2.45) is 0 Å². The van der Waals surface area contributed by atoms with Crippen LogP contribution in [0.1, 0.15) is 12.5 Å². The van der Waals surface area contributed by atoms with Crippen molar-refractivity contribution in [2.75, 3.05) is 38.9 Å². The molecule has 0 aliphatic heterocycles. The molecular formula is C15H24NO7PS. The Morgan fingerprint density at radius 3 is 2.52 bits per heavy atom. The molecule has 0 radical (unpaired) electrons. The lowest BCUT2D eigenvalue weighted by Crippen LogP contribution is -2.22. The van der Waals surface area contributed by atoms with E-state index in [-0.39, 0.29) is 32.3 Å². The van der Waals surface area contributed by atoms with Crippen LogP contribution >= 0.6 is 18.2 Å². The van der Waals surface area contributed by atoms with Crippen molar-refractivity contribution in [3.8, 4) is 0 Å². The molecule has 0 bridgehead atoms. The number of hydrogen-bond donors (Lipinski definition) is 3. The number of amides is 1. The SMILES string of the molecule is COCC(CO)OP(=O)(OCCO)SCc1ccc(NC(C)=O)cc1. The summed E-state index contributed by atoms with van der Waals surface area (Å²) in [5, 5.41) is 20.8. The number of carbonyl (C=O) groups excluding carboxylic acids is 1. The summed E-state index contributed by atoms with van der Waals surface area (Å²) < 4.78 is 28.2. The fourth-order valence-electron chi connectivity index (χ4n) is 1.78. The molecule has 0 aliphatic carbocycles. The van der Waals surface area contributed by atoms with Gasteiger partial charge >= 0.3 is 6.80 Å². The van der Waals surface area contributed by atoms with Crippen LogP contribution in [-0.4, -0.2) is 55.8 Å². The molecular weight excluding hydrogens is 369 g/mol. The van der Waals surface area contributed by atoms with Gasteiger partial charge in [-0.25, -0.2) is 4.57 Å². The van der Waals surface area contributed by atoms with Crippen molar-refractivity contribution in [1.82, 2.24) is 0 Å². The lowest BCUT2D eigenvalue weighted by atomic mass is 10.2. The number of methoxy groups -OCH3 is 1. The van der Waals surface area contributed by atoms with Crippen LogP contribution in [0, 0.1) is 0 Å². The molecule has 0 aromatic heterocycles. The molecule has 0 saturated heterocycles. The highest BCUT2D eigenvalue weighted by atomic mass is 32.7. The van der Waals surface area contributed by atoms with Crippen molar-refractivity contribution < 1.29 is 33.4 Å². The average Bonchev–Trinajstić information content (AvgIpc) is 2.59. The van der Waals surface area contributed by atoms with E-state index in [4.69, 9.17) is 18.9 Å². The molecule has 0 fully saturated rings. The molecule has 0 heterocycles. The van der Waals surface area contributed by atoms with E-state index in [1.54, 1.807) is 24.3 Å². The quantitative estimate of drug-likeness (QED) is 0.462. The van der Waals surface area contributed by atoms with E-state index in [1.807, 2.05) is 0 Å². The van der Waals surface area contributed by atoms with Crippen LogP contribution in [0.3, 0.4) is 0 Å². The second-order valence-corrected chi connectivity index (χ2v) is 9.05. The minimum Gasteiger partial charge on any atom is -0.394 e. The topological polar surface area (TPSA) is 114 Å². The van der Waals surface area contributed by atoms with Gasteiger partial charge in [-0.1, -0.05) is 12.1 Å². The van der Waals surface area contributed by atoms with E-state index < -0.39 is 12.9 Å². The second-order valence-electron chi connectivity index (χ2n) is 5.02. The molecule has 2 unspecified atom stereocenters. The third kappa shape index (κ3) is 8.82. The van der Waals surface area contributed by atoms with Crippen molar-refractivity contribution in [1.29, 1.82) is 0 Å². The molecule has 0 aliphatic rings. The maximum Gasteiger partial charge on any atom is 0.389 e. The molecule has 0 saturated carbocycles. The number of aliphatic hydroxyl groups excluding tert-OH is 2. The molecule has 10 heteroatoms. The number of benzene rings is 1. The maximum absolute atomic E-state index is 12.8. The summed E-state index contributed by atoms with van der Waals surface area (Å²) in [6, 6.07) is 7.04. The molecule has 1 rings (SSSR count). The molecule has 142 valence electrons. The molecule has 1 aromatic carbocycles. The van der Waals surface area contributed by atoms with E-state index in [1.165, 1.54) is 14.0 Å². The highest BCUT2D eigenvalue weighted by Crippen LogP contribution is 2.62. The number of carbonyl (C=O) groups is 1. The number of nitrogens with one attached hydrogen (secondary N) is 1. The zero-order chi connectivity index (χ0) is 18.7. The third-order valence-electron chi connectivity index (χ3n) is 2.84. The Labute approximate surface area is 151 Å². The van der Waals surface area contributed by atoms with Gasteiger partial charge in [-0.2, -0.15) is 0 Å². The van der Waals surface area contributed by atoms with Gasteiger partial charge in [0.25, 0.3) is 0 Å². The Kier molecular flexibility index (Phi) is 10.3. The first-order valence-electron chi connectivity index (χ1n) is 7.57. The number of hydrogen-bond acceptors (Lipinski definition) is 8. The summed E-state index contributed by atoms with van der Waals surface area (Å²) in [6.07, 6.45) is -0.788. The molecule has 2 atom stereocenters. The fraction of sp³-hybridized carbons (Fsp3) is 0.533. The molecule has 8 nitrogen and oxygen atoms in total. The van der Waals surface area contributed by atoms with Gasteiger partial charge < -0.3 is 20.3 Å². The standard InChI is InChI=1S/C15H24NO7PS/c1-12(19)16-14-5-3-13(4-6-14)11-25-24(20,22-8-7-17)23-15(9-18)10-21-2/h3-6,15,17-18H,7-11H2,1-2H3,(H,16,19). The van der Waals surface area contributed by atoms with Crippen LogP contribution in [-0.2, 0) is 28.9 Å². The summed E-state index contributed by atoms with van der Waals surface area (Å²) in [6.45, 7) is -2.91. The number of aliphatic hydroxyl groups is 2. The first-order valence-corrected chi connectivity index (χ1v) is 10.7. The largest absolute Gasteiger partial charge is 0.394 e. The van der Waals surface area contributed by atoms with Crippen LogP contribution in [0.4, 0.5) is 5.69 Å². The minimum atomic E-state index is -3.59. The van der Waals surface area contributed by atoms with Gasteiger partial charge in [-0.3, -0.25) is 13.8 Å². The molecule has 3 N–H and O–H groups in total. The van der Waals surface area contributed by atoms with Gasteiger partial charge in [0.2, 0.25) is 5.91 Å². The number of rotatable bonds is 12. The molecule has 1 amide bonds. The predicted octanol–water partition coefficient (Wildman–Crippen LogP) is 2.02. The Morgan fingerprint density at radius 1 is 1.32 bits per heavy atom. The van der Waals surface area contributed by atoms with Gasteiger partial charge in [0.1, 0.15) is 6.10 Å². The van der Waals surface area contributed by atoms with Gasteiger partial charge in [-0.05, 0) is 29.1 Å². The monoisotopic (exact) mass is 393 g/mol. The molecule has 1 aromatic rings. The van der Waals surface area contributed by atoms with E-state index in [0.29, 0.717) is 11.4 Å². The molecule has 0 spiro atoms. The zero-order valence-electron chi connectivity index (χ0n) is 14.2. The number of anilines is 1. The summed E-state index contributed by atoms with van der Waals surface area (Å²) >= 11 is 0.952. The van der Waals surface area contributed by atoms with Crippen LogP contribution in [0.2, 0.25) is 0 Å². The van der Waals surface area contributed by atoms with Crippen LogP contribution < -0.4 is 5.32 Å². The smallest absolute Gasteiger partial charge is 0.389 e. The Bertz CT molecular complexity index is 570. The predicted molar refractivity (Wildman–Crippen MR) is 96.5 cm³/mol. The first kappa shape index (κ1) is 22.1. The summed E-state index contributed by atoms with van der Waals surface area (Å²) in [7, 11) is 1.44. The van der Waals surface area contributed by atoms with Gasteiger partial charge in [0.05, 0.1) is 26.4 Å². The normalized spacial score (nSPS) is 14.7. The Balaban J connectivity index is 2.70. The minimum absolute atomic E-state index is 0.0644. The highest BCUT2D eigenvalue weighted by molar-refractivity contribution is 8.54. The first-order chi connectivity index (χ1) is 11.9. The van der Waals surface area contributed by atoms with E-state index in [2.05, 4.69) is 5.32 Å². The third-order valence-corrected chi connectivity index (χ3v) is 6.58. The summed E-state index contributed by atoms with van der Waals surface area (Å²) in [5.74, 6) is 0.166. The van der Waals surface area contributed by atoms with Gasteiger partial charge in [0.15, 0.2) is 0 Å². The lowest BCUT2D eigenvalue weighted by Gasteiger charge is -2.22. The number of ether oxygens (including phenoxy) is 1. The average molecular weight is 393 g/mol. The van der Waals surface area contributed by atoms with Crippen LogP contribution in [0.15, 0.2) is 24.3 Å². The second kappa shape index (κ2) is 11.6. The van der Waals surface area contributed by atoms with E-state index in [0.717, 1.165) is 16.9 Å². The fourth-order valence-corrected chi connectivity index (χ4v) is 5.19. The van der Waals surface area contributed by atoms with Gasteiger partial charge in [-0.15, -0.1) is 0 Å². The van der Waals surface area contributed by atoms with Crippen molar-refractivity contribution in [2.45, 2.75) is 18.8 Å². The zero-order valence-corrected chi connectivity index (χ0v) is 15.9. The summed E-state index contributed by atoms with van der Waals surface area (Å²) in [5.41, 5.74) is 1.51. The van der Waals surface area contributed by atoms with Crippen LogP contribution in [0.25, 0.3) is 0 Å². The van der Waals surface area contributed by atoms with Crippen molar-refractivity contribution >= 4 is 29.8 Å². The van der Waals surface area contributed by atoms with Crippen molar-refractivity contribution in [3.63, 3.8) is 0 Å². The Morgan fingerprint density at radius 2 is 2.00 bits per heavy atom. The summed E-state index contributed by atoms with van der Waals surface area (Å²) in [4.78, 5) is 11.0. The lowest BCUT2D eigenvalue weighted by molar-refractivity contribution is -0.114. The van der Waals surface area contributed by atoms with Gasteiger partial charge in [0, 0.05) is 25.5 Å². The van der Waals surface area contributed by atoms with Crippen molar-refractivity contribution in [3.05, 3.63) is 29.8 Å².